The highest BCUT2D eigenvalue weighted by Crippen LogP contribution is 2.23. The van der Waals surface area contributed by atoms with Crippen LogP contribution in [0.2, 0.25) is 0 Å². The van der Waals surface area contributed by atoms with Crippen LogP contribution in [-0.4, -0.2) is 26.6 Å². The summed E-state index contributed by atoms with van der Waals surface area (Å²) in [6.07, 6.45) is 1.48. The topological polar surface area (TPSA) is 113 Å². The zero-order chi connectivity index (χ0) is 22.7. The summed E-state index contributed by atoms with van der Waals surface area (Å²) >= 11 is 0. The summed E-state index contributed by atoms with van der Waals surface area (Å²) in [6, 6.07) is 19.8. The highest BCUT2D eigenvalue weighted by Gasteiger charge is 2.10. The van der Waals surface area contributed by atoms with E-state index >= 15 is 0 Å². The van der Waals surface area contributed by atoms with Gasteiger partial charge in [0.25, 0.3) is 11.5 Å². The molecule has 0 atom stereocenters. The lowest BCUT2D eigenvalue weighted by molar-refractivity contribution is -0.114. The molecule has 2 amide bonds. The number of aromatic nitrogens is 2. The molecule has 0 spiro atoms. The van der Waals surface area contributed by atoms with Crippen molar-refractivity contribution in [2.24, 2.45) is 0 Å². The summed E-state index contributed by atoms with van der Waals surface area (Å²) in [5.74, 6) is -0.822. The molecular weight excluding hydrogens is 408 g/mol. The molecule has 8 nitrogen and oxygen atoms in total. The van der Waals surface area contributed by atoms with Crippen LogP contribution in [0.15, 0.2) is 77.9 Å². The Morgan fingerprint density at radius 2 is 1.78 bits per heavy atom. The molecule has 0 aliphatic rings. The monoisotopic (exact) mass is 428 g/mol. The van der Waals surface area contributed by atoms with Crippen LogP contribution in [0.1, 0.15) is 22.8 Å². The van der Waals surface area contributed by atoms with E-state index in [-0.39, 0.29) is 17.0 Å². The highest BCUT2D eigenvalue weighted by molar-refractivity contribution is 5.97. The fourth-order valence-corrected chi connectivity index (χ4v) is 3.47. The molecule has 3 aromatic carbocycles. The zero-order valence-corrected chi connectivity index (χ0v) is 17.2. The fraction of sp³-hybridized carbons (Fsp3) is 0.0833. The SMILES string of the molecule is CC(=O)Nc1ccc(-c2cccc(Cn3cnc4ccc(C(=O)NO)cc4c3=O)c2)cc1. The molecule has 0 aliphatic heterocycles. The van der Waals surface area contributed by atoms with Crippen molar-refractivity contribution >= 4 is 28.4 Å². The number of rotatable bonds is 5. The number of benzene rings is 3. The second-order valence-electron chi connectivity index (χ2n) is 7.31. The van der Waals surface area contributed by atoms with Crippen LogP contribution in [0.5, 0.6) is 0 Å². The van der Waals surface area contributed by atoms with E-state index in [2.05, 4.69) is 10.3 Å². The average Bonchev–Trinajstić information content (AvgIpc) is 2.80. The molecule has 0 saturated carbocycles. The van der Waals surface area contributed by atoms with Gasteiger partial charge in [-0.2, -0.15) is 0 Å². The van der Waals surface area contributed by atoms with E-state index in [0.29, 0.717) is 17.4 Å². The maximum atomic E-state index is 13.0. The van der Waals surface area contributed by atoms with Crippen LogP contribution >= 0.6 is 0 Å². The minimum atomic E-state index is -0.695. The number of fused-ring (bicyclic) bond motifs is 1. The summed E-state index contributed by atoms with van der Waals surface area (Å²) in [7, 11) is 0. The van der Waals surface area contributed by atoms with Crippen LogP contribution in [-0.2, 0) is 11.3 Å². The van der Waals surface area contributed by atoms with Gasteiger partial charge in [0.1, 0.15) is 0 Å². The molecule has 0 unspecified atom stereocenters. The number of hydroxylamine groups is 1. The molecule has 0 radical (unpaired) electrons. The van der Waals surface area contributed by atoms with Gasteiger partial charge in [-0.05, 0) is 53.1 Å². The first-order valence-corrected chi connectivity index (χ1v) is 9.85. The molecule has 0 bridgehead atoms. The highest BCUT2D eigenvalue weighted by atomic mass is 16.5. The molecule has 32 heavy (non-hydrogen) atoms. The third-order valence-electron chi connectivity index (χ3n) is 5.01. The number of nitrogens with zero attached hydrogens (tertiary/aromatic N) is 2. The Balaban J connectivity index is 1.63. The Labute approximate surface area is 183 Å². The van der Waals surface area contributed by atoms with Gasteiger partial charge in [-0.3, -0.25) is 24.2 Å². The standard InChI is InChI=1S/C24H20N4O4/c1-15(29)26-20-8-5-17(6-9-20)18-4-2-3-16(11-18)13-28-14-25-22-10-7-19(23(30)27-32)12-21(22)24(28)31/h2-12,14,32H,13H2,1H3,(H,26,29)(H,27,30). The first-order valence-electron chi connectivity index (χ1n) is 9.85. The van der Waals surface area contributed by atoms with E-state index in [1.807, 2.05) is 48.5 Å². The Kier molecular flexibility index (Phi) is 5.78. The maximum Gasteiger partial charge on any atom is 0.274 e. The molecule has 160 valence electrons. The number of carbonyl (C=O) groups is 2. The van der Waals surface area contributed by atoms with E-state index in [0.717, 1.165) is 22.4 Å². The number of amides is 2. The van der Waals surface area contributed by atoms with Crippen LogP contribution in [0.25, 0.3) is 22.0 Å². The number of anilines is 1. The van der Waals surface area contributed by atoms with Gasteiger partial charge in [0, 0.05) is 18.2 Å². The zero-order valence-electron chi connectivity index (χ0n) is 17.2. The molecule has 0 aliphatic carbocycles. The van der Waals surface area contributed by atoms with Crippen molar-refractivity contribution in [3.05, 3.63) is 94.5 Å². The van der Waals surface area contributed by atoms with E-state index < -0.39 is 5.91 Å². The van der Waals surface area contributed by atoms with Crippen LogP contribution in [0.4, 0.5) is 5.69 Å². The largest absolute Gasteiger partial charge is 0.326 e. The van der Waals surface area contributed by atoms with Crippen molar-refractivity contribution in [3.8, 4) is 11.1 Å². The number of carbonyl (C=O) groups excluding carboxylic acids is 2. The number of hydrogen-bond donors (Lipinski definition) is 3. The molecule has 1 aromatic heterocycles. The van der Waals surface area contributed by atoms with Crippen LogP contribution in [0.3, 0.4) is 0 Å². The number of nitrogens with one attached hydrogen (secondary N) is 2. The molecular formula is C24H20N4O4. The van der Waals surface area contributed by atoms with Crippen LogP contribution in [0, 0.1) is 0 Å². The molecule has 1 heterocycles. The van der Waals surface area contributed by atoms with Gasteiger partial charge >= 0.3 is 0 Å². The summed E-state index contributed by atoms with van der Waals surface area (Å²) < 4.78 is 1.47. The normalized spacial score (nSPS) is 10.7. The van der Waals surface area contributed by atoms with Crippen molar-refractivity contribution in [3.63, 3.8) is 0 Å². The van der Waals surface area contributed by atoms with Crippen LogP contribution < -0.4 is 16.4 Å². The van der Waals surface area contributed by atoms with E-state index in [9.17, 15) is 14.4 Å². The van der Waals surface area contributed by atoms with E-state index in [1.54, 1.807) is 11.5 Å². The maximum absolute atomic E-state index is 13.0. The van der Waals surface area contributed by atoms with Gasteiger partial charge in [0.05, 0.1) is 23.8 Å². The fourth-order valence-electron chi connectivity index (χ4n) is 3.47. The third-order valence-corrected chi connectivity index (χ3v) is 5.01. The Bertz CT molecular complexity index is 1380. The number of hydrogen-bond acceptors (Lipinski definition) is 5. The third kappa shape index (κ3) is 4.40. The minimum absolute atomic E-state index is 0.127. The lowest BCUT2D eigenvalue weighted by Crippen LogP contribution is -2.23. The second-order valence-corrected chi connectivity index (χ2v) is 7.31. The van der Waals surface area contributed by atoms with E-state index in [1.165, 1.54) is 30.0 Å². The minimum Gasteiger partial charge on any atom is -0.326 e. The van der Waals surface area contributed by atoms with Gasteiger partial charge in [0.15, 0.2) is 0 Å². The first kappa shape index (κ1) is 21.0. The van der Waals surface area contributed by atoms with Gasteiger partial charge in [-0.1, -0.05) is 30.3 Å². The second kappa shape index (κ2) is 8.83. The van der Waals surface area contributed by atoms with Crippen molar-refractivity contribution in [1.29, 1.82) is 0 Å². The molecule has 0 saturated heterocycles. The molecule has 3 N–H and O–H groups in total. The van der Waals surface area contributed by atoms with Crippen molar-refractivity contribution in [1.82, 2.24) is 15.0 Å². The molecule has 8 heteroatoms. The van der Waals surface area contributed by atoms with Gasteiger partial charge in [0.2, 0.25) is 5.91 Å². The Hall–Kier alpha value is -4.30. The molecule has 4 aromatic rings. The van der Waals surface area contributed by atoms with Crippen molar-refractivity contribution in [2.45, 2.75) is 13.5 Å². The van der Waals surface area contributed by atoms with Crippen molar-refractivity contribution in [2.75, 3.05) is 5.32 Å². The van der Waals surface area contributed by atoms with E-state index in [4.69, 9.17) is 5.21 Å². The lowest BCUT2D eigenvalue weighted by atomic mass is 10.0. The summed E-state index contributed by atoms with van der Waals surface area (Å²) in [5, 5.41) is 11.9. The summed E-state index contributed by atoms with van der Waals surface area (Å²) in [6.45, 7) is 1.76. The van der Waals surface area contributed by atoms with Gasteiger partial charge < -0.3 is 5.32 Å². The summed E-state index contributed by atoms with van der Waals surface area (Å²) in [5.41, 5.74) is 5.49. The van der Waals surface area contributed by atoms with Gasteiger partial charge in [-0.15, -0.1) is 0 Å². The van der Waals surface area contributed by atoms with Crippen molar-refractivity contribution < 1.29 is 14.8 Å². The lowest BCUT2D eigenvalue weighted by Gasteiger charge is -2.10. The quantitative estimate of drug-likeness (QED) is 0.334. The summed E-state index contributed by atoms with van der Waals surface area (Å²) in [4.78, 5) is 40.2. The average molecular weight is 428 g/mol. The molecule has 4 rings (SSSR count). The predicted molar refractivity (Wildman–Crippen MR) is 121 cm³/mol. The smallest absolute Gasteiger partial charge is 0.274 e. The first-order chi connectivity index (χ1) is 15.4. The Morgan fingerprint density at radius 3 is 2.50 bits per heavy atom. The predicted octanol–water partition coefficient (Wildman–Crippen LogP) is 3.19. The van der Waals surface area contributed by atoms with Gasteiger partial charge in [-0.25, -0.2) is 10.5 Å². The Morgan fingerprint density at radius 1 is 1.00 bits per heavy atom. The molecule has 0 fully saturated rings.